The van der Waals surface area contributed by atoms with E-state index in [0.717, 1.165) is 15.5 Å². The number of rotatable bonds is 2. The Morgan fingerprint density at radius 3 is 2.40 bits per heavy atom. The summed E-state index contributed by atoms with van der Waals surface area (Å²) < 4.78 is 41.4. The van der Waals surface area contributed by atoms with E-state index in [2.05, 4.69) is 10.1 Å². The minimum absolute atomic E-state index is 0.142. The molecule has 4 rings (SSSR count). The van der Waals surface area contributed by atoms with Gasteiger partial charge >= 0.3 is 6.18 Å². The zero-order valence-corrected chi connectivity index (χ0v) is 14.0. The van der Waals surface area contributed by atoms with Gasteiger partial charge in [0.25, 0.3) is 0 Å². The van der Waals surface area contributed by atoms with Gasteiger partial charge in [0.05, 0.1) is 10.6 Å². The van der Waals surface area contributed by atoms with Gasteiger partial charge in [-0.25, -0.2) is 9.50 Å². The summed E-state index contributed by atoms with van der Waals surface area (Å²) in [5.41, 5.74) is 0.500. The molecule has 3 heterocycles. The van der Waals surface area contributed by atoms with Gasteiger partial charge in [-0.2, -0.15) is 18.3 Å². The normalized spacial score (nSPS) is 12.0. The van der Waals surface area contributed by atoms with Gasteiger partial charge in [0, 0.05) is 16.7 Å². The van der Waals surface area contributed by atoms with E-state index in [9.17, 15) is 13.2 Å². The molecule has 0 unspecified atom stereocenters. The molecular weight excluding hydrogens is 371 g/mol. The Balaban J connectivity index is 1.95. The van der Waals surface area contributed by atoms with Gasteiger partial charge in [-0.1, -0.05) is 29.8 Å². The predicted octanol–water partition coefficient (Wildman–Crippen LogP) is 5.80. The molecule has 0 amide bonds. The number of fused-ring (bicyclic) bond motifs is 1. The number of benzene rings is 1. The van der Waals surface area contributed by atoms with Crippen molar-refractivity contribution >= 4 is 28.6 Å². The van der Waals surface area contributed by atoms with Crippen molar-refractivity contribution in [3.05, 3.63) is 64.6 Å². The van der Waals surface area contributed by atoms with Gasteiger partial charge in [0.2, 0.25) is 0 Å². The highest BCUT2D eigenvalue weighted by molar-refractivity contribution is 7.13. The molecule has 0 radical (unpaired) electrons. The lowest BCUT2D eigenvalue weighted by Gasteiger charge is -2.11. The van der Waals surface area contributed by atoms with E-state index in [1.54, 1.807) is 36.4 Å². The van der Waals surface area contributed by atoms with Gasteiger partial charge < -0.3 is 0 Å². The van der Waals surface area contributed by atoms with Crippen molar-refractivity contribution in [2.24, 2.45) is 0 Å². The van der Waals surface area contributed by atoms with E-state index < -0.39 is 11.9 Å². The van der Waals surface area contributed by atoms with Gasteiger partial charge in [-0.3, -0.25) is 0 Å². The average Bonchev–Trinajstić information content (AvgIpc) is 3.22. The molecular formula is C17H9ClF3N3S. The van der Waals surface area contributed by atoms with E-state index in [1.165, 1.54) is 11.3 Å². The van der Waals surface area contributed by atoms with E-state index in [4.69, 9.17) is 11.6 Å². The maximum Gasteiger partial charge on any atom is 0.433 e. The third-order valence-electron chi connectivity index (χ3n) is 3.63. The fraction of sp³-hybridized carbons (Fsp3) is 0.0588. The lowest BCUT2D eigenvalue weighted by molar-refractivity contribution is -0.142. The van der Waals surface area contributed by atoms with Crippen molar-refractivity contribution in [3.63, 3.8) is 0 Å². The van der Waals surface area contributed by atoms with Crippen molar-refractivity contribution in [1.82, 2.24) is 14.6 Å². The zero-order chi connectivity index (χ0) is 17.6. The summed E-state index contributed by atoms with van der Waals surface area (Å²) in [6.07, 6.45) is -4.55. The second-order valence-corrected chi connectivity index (χ2v) is 6.69. The number of halogens is 4. The standard InChI is InChI=1S/C17H9ClF3N3S/c18-11-5-3-10(4-6-11)12-8-15(17(19,20)21)24-16(22-12)9-13(23-24)14-2-1-7-25-14/h1-9H. The van der Waals surface area contributed by atoms with Crippen molar-refractivity contribution in [3.8, 4) is 21.8 Å². The summed E-state index contributed by atoms with van der Waals surface area (Å²) in [7, 11) is 0. The number of aromatic nitrogens is 3. The Morgan fingerprint density at radius 2 is 1.76 bits per heavy atom. The molecule has 0 saturated heterocycles. The lowest BCUT2D eigenvalue weighted by Crippen LogP contribution is -2.13. The molecule has 0 bridgehead atoms. The Kier molecular flexibility index (Phi) is 3.77. The summed E-state index contributed by atoms with van der Waals surface area (Å²) in [6, 6.07) is 12.7. The third-order valence-corrected chi connectivity index (χ3v) is 4.78. The van der Waals surface area contributed by atoms with Crippen LogP contribution in [0.2, 0.25) is 5.02 Å². The molecule has 0 saturated carbocycles. The molecule has 8 heteroatoms. The van der Waals surface area contributed by atoms with Gasteiger partial charge in [0.1, 0.15) is 5.69 Å². The van der Waals surface area contributed by atoms with Crippen molar-refractivity contribution in [1.29, 1.82) is 0 Å². The summed E-state index contributed by atoms with van der Waals surface area (Å²) in [5, 5.41) is 6.44. The van der Waals surface area contributed by atoms with Gasteiger partial charge in [-0.05, 0) is 29.6 Å². The van der Waals surface area contributed by atoms with Crippen LogP contribution in [0.5, 0.6) is 0 Å². The highest BCUT2D eigenvalue weighted by Crippen LogP contribution is 2.34. The molecule has 0 aliphatic heterocycles. The Bertz CT molecular complexity index is 1040. The van der Waals surface area contributed by atoms with E-state index >= 15 is 0 Å². The lowest BCUT2D eigenvalue weighted by atomic mass is 10.1. The molecule has 25 heavy (non-hydrogen) atoms. The number of alkyl halides is 3. The number of nitrogens with zero attached hydrogens (tertiary/aromatic N) is 3. The highest BCUT2D eigenvalue weighted by Gasteiger charge is 2.35. The van der Waals surface area contributed by atoms with Crippen LogP contribution >= 0.6 is 22.9 Å². The summed E-state index contributed by atoms with van der Waals surface area (Å²) in [4.78, 5) is 5.13. The molecule has 0 aliphatic rings. The van der Waals surface area contributed by atoms with Crippen LogP contribution in [0.15, 0.2) is 53.9 Å². The van der Waals surface area contributed by atoms with E-state index in [1.807, 2.05) is 11.4 Å². The summed E-state index contributed by atoms with van der Waals surface area (Å²) >= 11 is 7.25. The largest absolute Gasteiger partial charge is 0.433 e. The monoisotopic (exact) mass is 379 g/mol. The van der Waals surface area contributed by atoms with E-state index in [0.29, 0.717) is 16.3 Å². The minimum atomic E-state index is -4.55. The van der Waals surface area contributed by atoms with Crippen LogP contribution in [0.4, 0.5) is 13.2 Å². The third kappa shape index (κ3) is 3.01. The second kappa shape index (κ2) is 5.86. The fourth-order valence-electron chi connectivity index (χ4n) is 2.49. The molecule has 0 atom stereocenters. The van der Waals surface area contributed by atoms with Crippen LogP contribution in [0.1, 0.15) is 5.69 Å². The van der Waals surface area contributed by atoms with Crippen molar-refractivity contribution in [2.45, 2.75) is 6.18 Å². The quantitative estimate of drug-likeness (QED) is 0.441. The summed E-state index contributed by atoms with van der Waals surface area (Å²) in [5.74, 6) is 0. The molecule has 0 N–H and O–H groups in total. The molecule has 1 aromatic carbocycles. The molecule has 0 fully saturated rings. The van der Waals surface area contributed by atoms with Crippen molar-refractivity contribution < 1.29 is 13.2 Å². The van der Waals surface area contributed by atoms with Crippen LogP contribution in [0, 0.1) is 0 Å². The fourth-order valence-corrected chi connectivity index (χ4v) is 3.30. The first-order valence-electron chi connectivity index (χ1n) is 7.20. The van der Waals surface area contributed by atoms with Crippen LogP contribution in [-0.4, -0.2) is 14.6 Å². The van der Waals surface area contributed by atoms with Crippen LogP contribution in [0.3, 0.4) is 0 Å². The van der Waals surface area contributed by atoms with Crippen molar-refractivity contribution in [2.75, 3.05) is 0 Å². The average molecular weight is 380 g/mol. The number of hydrogen-bond donors (Lipinski definition) is 0. The van der Waals surface area contributed by atoms with Gasteiger partial charge in [0.15, 0.2) is 11.3 Å². The Morgan fingerprint density at radius 1 is 1.00 bits per heavy atom. The van der Waals surface area contributed by atoms with Crippen LogP contribution < -0.4 is 0 Å². The first-order valence-corrected chi connectivity index (χ1v) is 8.45. The zero-order valence-electron chi connectivity index (χ0n) is 12.5. The predicted molar refractivity (Wildman–Crippen MR) is 91.7 cm³/mol. The topological polar surface area (TPSA) is 30.2 Å². The molecule has 3 aromatic heterocycles. The summed E-state index contributed by atoms with van der Waals surface area (Å²) in [6.45, 7) is 0. The van der Waals surface area contributed by atoms with Crippen LogP contribution in [-0.2, 0) is 6.18 Å². The minimum Gasteiger partial charge on any atom is -0.228 e. The first kappa shape index (κ1) is 16.1. The Labute approximate surface area is 149 Å². The molecule has 0 spiro atoms. The SMILES string of the molecule is FC(F)(F)c1cc(-c2ccc(Cl)cc2)nc2cc(-c3cccs3)nn12. The van der Waals surface area contributed by atoms with E-state index in [-0.39, 0.29) is 11.3 Å². The highest BCUT2D eigenvalue weighted by atomic mass is 35.5. The smallest absolute Gasteiger partial charge is 0.228 e. The first-order chi connectivity index (χ1) is 11.9. The number of hydrogen-bond acceptors (Lipinski definition) is 3. The second-order valence-electron chi connectivity index (χ2n) is 5.31. The van der Waals surface area contributed by atoms with Gasteiger partial charge in [-0.15, -0.1) is 11.3 Å². The molecule has 0 aliphatic carbocycles. The number of thiophene rings is 1. The Hall–Kier alpha value is -2.38. The molecule has 4 aromatic rings. The maximum absolute atomic E-state index is 13.5. The maximum atomic E-state index is 13.5. The van der Waals surface area contributed by atoms with Crippen LogP contribution in [0.25, 0.3) is 27.5 Å². The molecule has 3 nitrogen and oxygen atoms in total. The molecule has 126 valence electrons.